The second kappa shape index (κ2) is 9.61. The molecule has 0 atom stereocenters. The lowest BCUT2D eigenvalue weighted by Gasteiger charge is -2.35. The zero-order valence-corrected chi connectivity index (χ0v) is 15.6. The summed E-state index contributed by atoms with van der Waals surface area (Å²) >= 11 is 0.473. The summed E-state index contributed by atoms with van der Waals surface area (Å²) in [6.45, 7) is 0.156. The fraction of sp³-hybridized carbons (Fsp3) is 0.389. The standard InChI is InChI=1S/C18H24F2N4O2S/c19-18(20,27-16-4-2-1-3-13(16)12-25)14-6-9-24(10-7-14)17(26)23-15(11-22)5-8-21/h1-5,8,11,14,25H,6-7,9-10,12,21-22H2,(H,23,26)/b8-5-,15-11+. The van der Waals surface area contributed by atoms with Crippen LogP contribution in [0.2, 0.25) is 0 Å². The zero-order valence-electron chi connectivity index (χ0n) is 14.8. The summed E-state index contributed by atoms with van der Waals surface area (Å²) in [7, 11) is 0. The van der Waals surface area contributed by atoms with Crippen molar-refractivity contribution in [2.24, 2.45) is 17.4 Å². The smallest absolute Gasteiger partial charge is 0.321 e. The minimum atomic E-state index is -2.99. The molecule has 2 amide bonds. The number of carbonyl (C=O) groups is 1. The van der Waals surface area contributed by atoms with Crippen LogP contribution in [0.4, 0.5) is 13.6 Å². The molecular formula is C18H24F2N4O2S. The van der Waals surface area contributed by atoms with Crippen LogP contribution >= 0.6 is 11.8 Å². The van der Waals surface area contributed by atoms with Gasteiger partial charge in [0.15, 0.2) is 0 Å². The lowest BCUT2D eigenvalue weighted by molar-refractivity contribution is 0.00929. The van der Waals surface area contributed by atoms with E-state index in [9.17, 15) is 18.7 Å². The molecule has 0 bridgehead atoms. The molecule has 0 aromatic heterocycles. The molecule has 148 valence electrons. The van der Waals surface area contributed by atoms with Crippen LogP contribution in [-0.2, 0) is 6.61 Å². The van der Waals surface area contributed by atoms with Gasteiger partial charge in [0.25, 0.3) is 0 Å². The molecule has 0 saturated carbocycles. The number of hydrogen-bond donors (Lipinski definition) is 4. The minimum Gasteiger partial charge on any atom is -0.405 e. The predicted octanol–water partition coefficient (Wildman–Crippen LogP) is 2.56. The number of nitrogens with one attached hydrogen (secondary N) is 1. The SMILES string of the molecule is N/C=C\C(=C/N)NC(=O)N1CCC(C(F)(F)Sc2ccccc2CO)CC1. The monoisotopic (exact) mass is 398 g/mol. The number of alkyl halides is 2. The average Bonchev–Trinajstić information content (AvgIpc) is 2.67. The Kier molecular flexibility index (Phi) is 7.49. The number of amides is 2. The van der Waals surface area contributed by atoms with Crippen LogP contribution in [0.3, 0.4) is 0 Å². The molecule has 0 unspecified atom stereocenters. The van der Waals surface area contributed by atoms with E-state index in [1.807, 2.05) is 0 Å². The number of allylic oxidation sites excluding steroid dienone is 1. The van der Waals surface area contributed by atoms with Crippen molar-refractivity contribution in [2.75, 3.05) is 13.1 Å². The number of aliphatic hydroxyl groups is 1. The van der Waals surface area contributed by atoms with E-state index >= 15 is 0 Å². The first kappa shape index (κ1) is 21.0. The highest BCUT2D eigenvalue weighted by molar-refractivity contribution is 8.00. The molecule has 27 heavy (non-hydrogen) atoms. The van der Waals surface area contributed by atoms with E-state index in [0.717, 1.165) is 0 Å². The molecule has 1 aliphatic heterocycles. The van der Waals surface area contributed by atoms with Crippen molar-refractivity contribution in [1.29, 1.82) is 0 Å². The number of benzene rings is 1. The van der Waals surface area contributed by atoms with Crippen LogP contribution in [0.5, 0.6) is 0 Å². The maximum Gasteiger partial charge on any atom is 0.321 e. The summed E-state index contributed by atoms with van der Waals surface area (Å²) in [4.78, 5) is 14.0. The number of aliphatic hydroxyl groups excluding tert-OH is 1. The third-order valence-electron chi connectivity index (χ3n) is 4.35. The number of nitrogens with zero attached hydrogens (tertiary/aromatic N) is 1. The third-order valence-corrected chi connectivity index (χ3v) is 5.58. The van der Waals surface area contributed by atoms with E-state index in [1.165, 1.54) is 23.4 Å². The molecule has 6 N–H and O–H groups in total. The first-order chi connectivity index (χ1) is 12.9. The topological polar surface area (TPSA) is 105 Å². The van der Waals surface area contributed by atoms with Crippen molar-refractivity contribution in [3.05, 3.63) is 54.0 Å². The minimum absolute atomic E-state index is 0.184. The van der Waals surface area contributed by atoms with Crippen LogP contribution in [-0.4, -0.2) is 34.4 Å². The van der Waals surface area contributed by atoms with Gasteiger partial charge in [0, 0.05) is 30.1 Å². The van der Waals surface area contributed by atoms with Gasteiger partial charge in [-0.2, -0.15) is 8.78 Å². The van der Waals surface area contributed by atoms with Gasteiger partial charge in [-0.05, 0) is 36.7 Å². The number of rotatable bonds is 6. The van der Waals surface area contributed by atoms with Gasteiger partial charge in [-0.25, -0.2) is 4.79 Å². The lowest BCUT2D eigenvalue weighted by atomic mass is 9.97. The van der Waals surface area contributed by atoms with Crippen LogP contribution in [0.15, 0.2) is 53.3 Å². The Morgan fingerprint density at radius 2 is 2.00 bits per heavy atom. The Balaban J connectivity index is 1.94. The number of thioether (sulfide) groups is 1. The number of urea groups is 1. The molecule has 2 rings (SSSR count). The van der Waals surface area contributed by atoms with Crippen molar-refractivity contribution in [3.8, 4) is 0 Å². The Morgan fingerprint density at radius 1 is 1.33 bits per heavy atom. The van der Waals surface area contributed by atoms with E-state index in [0.29, 0.717) is 27.9 Å². The van der Waals surface area contributed by atoms with Gasteiger partial charge in [-0.3, -0.25) is 0 Å². The highest BCUT2D eigenvalue weighted by Gasteiger charge is 2.43. The second-order valence-electron chi connectivity index (χ2n) is 6.10. The molecule has 1 fully saturated rings. The second-order valence-corrected chi connectivity index (χ2v) is 7.29. The van der Waals surface area contributed by atoms with Crippen molar-refractivity contribution in [3.63, 3.8) is 0 Å². The molecule has 9 heteroatoms. The first-order valence-electron chi connectivity index (χ1n) is 8.53. The lowest BCUT2D eigenvalue weighted by Crippen LogP contribution is -2.46. The number of nitrogens with two attached hydrogens (primary N) is 2. The van der Waals surface area contributed by atoms with Gasteiger partial charge >= 0.3 is 11.3 Å². The van der Waals surface area contributed by atoms with E-state index in [1.54, 1.807) is 24.3 Å². The van der Waals surface area contributed by atoms with Gasteiger partial charge in [0.05, 0.1) is 12.3 Å². The largest absolute Gasteiger partial charge is 0.405 e. The van der Waals surface area contributed by atoms with E-state index < -0.39 is 17.2 Å². The fourth-order valence-corrected chi connectivity index (χ4v) is 3.93. The van der Waals surface area contributed by atoms with Crippen molar-refractivity contribution >= 4 is 17.8 Å². The zero-order chi connectivity index (χ0) is 19.9. The van der Waals surface area contributed by atoms with Crippen LogP contribution in [0, 0.1) is 5.92 Å². The van der Waals surface area contributed by atoms with Crippen molar-refractivity contribution in [1.82, 2.24) is 10.2 Å². The Hall–Kier alpha value is -2.26. The van der Waals surface area contributed by atoms with E-state index in [4.69, 9.17) is 11.5 Å². The normalized spacial score (nSPS) is 16.7. The van der Waals surface area contributed by atoms with Gasteiger partial charge in [0.2, 0.25) is 0 Å². The molecular weight excluding hydrogens is 374 g/mol. The number of piperidine rings is 1. The van der Waals surface area contributed by atoms with E-state index in [2.05, 4.69) is 5.32 Å². The molecule has 6 nitrogen and oxygen atoms in total. The summed E-state index contributed by atoms with van der Waals surface area (Å²) in [5.74, 6) is -0.855. The maximum absolute atomic E-state index is 14.7. The molecule has 1 aromatic carbocycles. The average molecular weight is 398 g/mol. The van der Waals surface area contributed by atoms with Crippen LogP contribution in [0.1, 0.15) is 18.4 Å². The predicted molar refractivity (Wildman–Crippen MR) is 102 cm³/mol. The number of likely N-dealkylation sites (tertiary alicyclic amines) is 1. The highest BCUT2D eigenvalue weighted by Crippen LogP contribution is 2.46. The van der Waals surface area contributed by atoms with E-state index in [-0.39, 0.29) is 32.5 Å². The molecule has 1 aromatic rings. The Bertz CT molecular complexity index is 704. The van der Waals surface area contributed by atoms with Gasteiger partial charge < -0.3 is 26.8 Å². The summed E-state index contributed by atoms with van der Waals surface area (Å²) < 4.78 is 29.4. The Labute approximate surface area is 161 Å². The van der Waals surface area contributed by atoms with Gasteiger partial charge in [-0.1, -0.05) is 30.0 Å². The Morgan fingerprint density at radius 3 is 2.59 bits per heavy atom. The molecule has 0 aliphatic carbocycles. The fourth-order valence-electron chi connectivity index (χ4n) is 2.83. The maximum atomic E-state index is 14.7. The van der Waals surface area contributed by atoms with Crippen LogP contribution in [0.25, 0.3) is 0 Å². The molecule has 1 aliphatic rings. The number of carbonyl (C=O) groups excluding carboxylic acids is 1. The van der Waals surface area contributed by atoms with Crippen molar-refractivity contribution < 1.29 is 18.7 Å². The number of halogens is 2. The summed E-state index contributed by atoms with van der Waals surface area (Å²) in [6, 6.07) is 6.18. The third kappa shape index (κ3) is 5.61. The highest BCUT2D eigenvalue weighted by atomic mass is 32.2. The van der Waals surface area contributed by atoms with Crippen LogP contribution < -0.4 is 16.8 Å². The summed E-state index contributed by atoms with van der Waals surface area (Å²) in [5.41, 5.74) is 11.5. The summed E-state index contributed by atoms with van der Waals surface area (Å²) in [6.07, 6.45) is 4.25. The molecule has 1 saturated heterocycles. The van der Waals surface area contributed by atoms with Gasteiger partial charge in [-0.15, -0.1) is 0 Å². The summed E-state index contributed by atoms with van der Waals surface area (Å²) in [5, 5.41) is 8.91. The first-order valence-corrected chi connectivity index (χ1v) is 9.34. The van der Waals surface area contributed by atoms with Crippen molar-refractivity contribution in [2.45, 2.75) is 29.6 Å². The molecule has 0 radical (unpaired) electrons. The van der Waals surface area contributed by atoms with Gasteiger partial charge in [0.1, 0.15) is 0 Å². The molecule has 0 spiro atoms. The molecule has 1 heterocycles. The number of hydrogen-bond acceptors (Lipinski definition) is 5. The quantitative estimate of drug-likeness (QED) is 0.435.